The Hall–Kier alpha value is -3.48. The lowest BCUT2D eigenvalue weighted by Crippen LogP contribution is -2.36. The Labute approximate surface area is 151 Å². The van der Waals surface area contributed by atoms with E-state index >= 15 is 0 Å². The lowest BCUT2D eigenvalue weighted by atomic mass is 10.1. The van der Waals surface area contributed by atoms with Crippen LogP contribution in [0, 0.1) is 6.92 Å². The molecule has 0 bridgehead atoms. The topological polar surface area (TPSA) is 119 Å². The number of amides is 1. The van der Waals surface area contributed by atoms with Gasteiger partial charge in [0.05, 0.1) is 5.52 Å². The first-order valence-corrected chi connectivity index (χ1v) is 8.11. The molecule has 0 radical (unpaired) electrons. The number of nitrogens with zero attached hydrogens (tertiary/aromatic N) is 1. The van der Waals surface area contributed by atoms with E-state index in [0.717, 1.165) is 22.0 Å². The minimum absolute atomic E-state index is 0.0588. The van der Waals surface area contributed by atoms with Crippen molar-refractivity contribution in [3.05, 3.63) is 59.3 Å². The molecule has 0 aliphatic heterocycles. The number of nitrogen functional groups attached to an aromatic ring is 1. The van der Waals surface area contributed by atoms with E-state index in [2.05, 4.69) is 15.3 Å². The average Bonchev–Trinajstić information content (AvgIpc) is 3.08. The summed E-state index contributed by atoms with van der Waals surface area (Å²) in [5, 5.41) is 3.42. The average molecular weight is 351 g/mol. The molecule has 1 aromatic heterocycles. The Morgan fingerprint density at radius 3 is 2.81 bits per heavy atom. The van der Waals surface area contributed by atoms with Gasteiger partial charge in [-0.15, -0.1) is 0 Å². The number of aromatic amines is 1. The molecular formula is C19H21N5O2. The van der Waals surface area contributed by atoms with Gasteiger partial charge in [-0.25, -0.2) is 0 Å². The summed E-state index contributed by atoms with van der Waals surface area (Å²) in [5.74, 6) is 0.359. The van der Waals surface area contributed by atoms with E-state index in [1.807, 2.05) is 43.3 Å². The lowest BCUT2D eigenvalue weighted by Gasteiger charge is -2.09. The van der Waals surface area contributed by atoms with Gasteiger partial charge >= 0.3 is 0 Å². The standard InChI is InChI=1S/C19H21N5O2/c1-11-6-7-16(26-10-12-4-3-5-13(20)8-12)17-14(11)9-15(23-17)18(25)24-19(21)22-2/h3-9,23H,10,20H2,1-2H3,(H3,21,22,24,25). The summed E-state index contributed by atoms with van der Waals surface area (Å²) in [6.45, 7) is 2.35. The zero-order valence-corrected chi connectivity index (χ0v) is 14.7. The third-order valence-electron chi connectivity index (χ3n) is 4.05. The first kappa shape index (κ1) is 17.3. The molecule has 0 spiro atoms. The highest BCUT2D eigenvalue weighted by atomic mass is 16.5. The fourth-order valence-corrected chi connectivity index (χ4v) is 2.66. The summed E-state index contributed by atoms with van der Waals surface area (Å²) in [7, 11) is 1.51. The van der Waals surface area contributed by atoms with Crippen LogP contribution in [0.4, 0.5) is 5.69 Å². The number of carbonyl (C=O) groups is 1. The van der Waals surface area contributed by atoms with Gasteiger partial charge in [-0.3, -0.25) is 15.1 Å². The van der Waals surface area contributed by atoms with E-state index in [1.54, 1.807) is 6.07 Å². The number of rotatable bonds is 4. The number of anilines is 1. The molecule has 0 aliphatic rings. The third-order valence-corrected chi connectivity index (χ3v) is 4.05. The Morgan fingerprint density at radius 2 is 2.08 bits per heavy atom. The van der Waals surface area contributed by atoms with Crippen molar-refractivity contribution in [2.24, 2.45) is 10.7 Å². The van der Waals surface area contributed by atoms with Crippen molar-refractivity contribution in [3.63, 3.8) is 0 Å². The number of nitrogens with two attached hydrogens (primary N) is 2. The van der Waals surface area contributed by atoms with Crippen molar-refractivity contribution in [1.29, 1.82) is 0 Å². The smallest absolute Gasteiger partial charge is 0.274 e. The molecule has 0 atom stereocenters. The number of ether oxygens (including phenoxy) is 1. The minimum atomic E-state index is -0.356. The monoisotopic (exact) mass is 351 g/mol. The molecule has 0 fully saturated rings. The fourth-order valence-electron chi connectivity index (χ4n) is 2.66. The van der Waals surface area contributed by atoms with Crippen molar-refractivity contribution in [2.45, 2.75) is 13.5 Å². The zero-order chi connectivity index (χ0) is 18.7. The molecule has 3 rings (SSSR count). The number of hydrogen-bond donors (Lipinski definition) is 4. The van der Waals surface area contributed by atoms with Gasteiger partial charge in [0.15, 0.2) is 5.96 Å². The van der Waals surface area contributed by atoms with E-state index < -0.39 is 0 Å². The molecule has 6 N–H and O–H groups in total. The highest BCUT2D eigenvalue weighted by molar-refractivity contribution is 6.07. The minimum Gasteiger partial charge on any atom is -0.487 e. The summed E-state index contributed by atoms with van der Waals surface area (Å²) in [4.78, 5) is 19.1. The quantitative estimate of drug-likeness (QED) is 0.328. The Bertz CT molecular complexity index is 991. The van der Waals surface area contributed by atoms with Crippen LogP contribution < -0.4 is 21.5 Å². The summed E-state index contributed by atoms with van der Waals surface area (Å²) in [6, 6.07) is 13.1. The predicted octanol–water partition coefficient (Wildman–Crippen LogP) is 2.31. The van der Waals surface area contributed by atoms with E-state index in [4.69, 9.17) is 16.2 Å². The molecule has 0 unspecified atom stereocenters. The molecule has 3 aromatic rings. The summed E-state index contributed by atoms with van der Waals surface area (Å²) < 4.78 is 5.94. The lowest BCUT2D eigenvalue weighted by molar-refractivity contribution is 0.0972. The highest BCUT2D eigenvalue weighted by Crippen LogP contribution is 2.29. The first-order chi connectivity index (χ1) is 12.5. The number of fused-ring (bicyclic) bond motifs is 1. The van der Waals surface area contributed by atoms with Gasteiger partial charge in [0, 0.05) is 18.1 Å². The van der Waals surface area contributed by atoms with Crippen molar-refractivity contribution >= 4 is 28.5 Å². The number of benzene rings is 2. The molecule has 0 saturated carbocycles. The Morgan fingerprint density at radius 1 is 1.27 bits per heavy atom. The van der Waals surface area contributed by atoms with Crippen LogP contribution >= 0.6 is 0 Å². The Balaban J connectivity index is 1.89. The van der Waals surface area contributed by atoms with Gasteiger partial charge in [0.1, 0.15) is 18.1 Å². The van der Waals surface area contributed by atoms with Crippen LogP contribution in [-0.4, -0.2) is 23.9 Å². The molecule has 1 heterocycles. The van der Waals surface area contributed by atoms with E-state index in [-0.39, 0.29) is 11.9 Å². The van der Waals surface area contributed by atoms with Crippen LogP contribution in [0.25, 0.3) is 10.9 Å². The zero-order valence-electron chi connectivity index (χ0n) is 14.7. The number of guanidine groups is 1. The van der Waals surface area contributed by atoms with Crippen molar-refractivity contribution in [2.75, 3.05) is 12.8 Å². The molecular weight excluding hydrogens is 330 g/mol. The van der Waals surface area contributed by atoms with Crippen LogP contribution in [0.15, 0.2) is 47.5 Å². The second-order valence-corrected chi connectivity index (χ2v) is 5.95. The number of hydrogen-bond acceptors (Lipinski definition) is 4. The second kappa shape index (κ2) is 7.18. The third kappa shape index (κ3) is 3.61. The van der Waals surface area contributed by atoms with Gasteiger partial charge in [0.25, 0.3) is 5.91 Å². The van der Waals surface area contributed by atoms with Crippen molar-refractivity contribution in [1.82, 2.24) is 10.3 Å². The molecule has 134 valence electrons. The second-order valence-electron chi connectivity index (χ2n) is 5.95. The number of carbonyl (C=O) groups excluding carboxylic acids is 1. The molecule has 7 heteroatoms. The van der Waals surface area contributed by atoms with Gasteiger partial charge in [-0.2, -0.15) is 0 Å². The van der Waals surface area contributed by atoms with Gasteiger partial charge in [0.2, 0.25) is 0 Å². The Kier molecular flexibility index (Phi) is 4.79. The summed E-state index contributed by atoms with van der Waals surface area (Å²) in [6.07, 6.45) is 0. The molecule has 1 amide bonds. The maximum absolute atomic E-state index is 12.3. The number of H-pyrrole nitrogens is 1. The van der Waals surface area contributed by atoms with Crippen LogP contribution in [0.2, 0.25) is 0 Å². The number of aliphatic imine (C=N–C) groups is 1. The van der Waals surface area contributed by atoms with Crippen molar-refractivity contribution < 1.29 is 9.53 Å². The SMILES string of the molecule is CN=C(N)NC(=O)c1cc2c(C)ccc(OCc3cccc(N)c3)c2[nH]1. The van der Waals surface area contributed by atoms with Gasteiger partial charge in [-0.1, -0.05) is 18.2 Å². The largest absolute Gasteiger partial charge is 0.487 e. The maximum Gasteiger partial charge on any atom is 0.274 e. The van der Waals surface area contributed by atoms with E-state index in [0.29, 0.717) is 23.7 Å². The fraction of sp³-hybridized carbons (Fsp3) is 0.158. The van der Waals surface area contributed by atoms with Crippen LogP contribution in [-0.2, 0) is 6.61 Å². The van der Waals surface area contributed by atoms with Crippen LogP contribution in [0.1, 0.15) is 21.6 Å². The predicted molar refractivity (Wildman–Crippen MR) is 103 cm³/mol. The van der Waals surface area contributed by atoms with Gasteiger partial charge in [-0.05, 0) is 42.3 Å². The maximum atomic E-state index is 12.3. The normalized spacial score (nSPS) is 11.5. The highest BCUT2D eigenvalue weighted by Gasteiger charge is 2.14. The molecule has 0 saturated heterocycles. The molecule has 26 heavy (non-hydrogen) atoms. The number of nitrogens with one attached hydrogen (secondary N) is 2. The van der Waals surface area contributed by atoms with Gasteiger partial charge < -0.3 is 21.2 Å². The molecule has 0 aliphatic carbocycles. The van der Waals surface area contributed by atoms with Crippen LogP contribution in [0.5, 0.6) is 5.75 Å². The molecule has 7 nitrogen and oxygen atoms in total. The summed E-state index contributed by atoms with van der Waals surface area (Å²) >= 11 is 0. The first-order valence-electron chi connectivity index (χ1n) is 8.11. The van der Waals surface area contributed by atoms with E-state index in [1.165, 1.54) is 7.05 Å². The summed E-state index contributed by atoms with van der Waals surface area (Å²) in [5.41, 5.74) is 15.2. The van der Waals surface area contributed by atoms with Crippen LogP contribution in [0.3, 0.4) is 0 Å². The molecule has 2 aromatic carbocycles. The number of aryl methyl sites for hydroxylation is 1. The number of aromatic nitrogens is 1. The van der Waals surface area contributed by atoms with Crippen molar-refractivity contribution in [3.8, 4) is 5.75 Å². The van der Waals surface area contributed by atoms with E-state index in [9.17, 15) is 4.79 Å².